The molecule has 3 saturated carbocycles. The molecule has 3 aliphatic carbocycles. The summed E-state index contributed by atoms with van der Waals surface area (Å²) >= 11 is 7.41. The van der Waals surface area contributed by atoms with Gasteiger partial charge in [0.15, 0.2) is 12.4 Å². The maximum absolute atomic E-state index is 13.2. The minimum absolute atomic E-state index is 0.0442. The lowest BCUT2D eigenvalue weighted by Crippen LogP contribution is -2.44. The number of hydrogen-bond donors (Lipinski definition) is 0. The number of likely N-dealkylation sites (tertiary alicyclic amines) is 1. The molecule has 1 heterocycles. The van der Waals surface area contributed by atoms with E-state index in [0.29, 0.717) is 25.7 Å². The number of esters is 1. The summed E-state index contributed by atoms with van der Waals surface area (Å²) in [5.41, 5.74) is 0.287. The lowest BCUT2D eigenvalue weighted by Gasteiger charge is -2.33. The van der Waals surface area contributed by atoms with Crippen molar-refractivity contribution in [3.8, 4) is 0 Å². The van der Waals surface area contributed by atoms with Crippen LogP contribution < -0.4 is 0 Å². The number of carbonyl (C=O) groups is 4. The molecule has 1 aliphatic heterocycles. The fourth-order valence-electron chi connectivity index (χ4n) is 6.28. The molecule has 5 rings (SSSR count). The van der Waals surface area contributed by atoms with Crippen LogP contribution >= 0.6 is 31.9 Å². The van der Waals surface area contributed by atoms with E-state index < -0.39 is 11.8 Å². The number of hydrogen-bond acceptors (Lipinski definition) is 5. The van der Waals surface area contributed by atoms with E-state index in [4.69, 9.17) is 4.74 Å². The number of Topliss-reactive ketones (excluding diaryl/α,β-unsaturated/α-hetero) is 1. The monoisotopic (exact) mass is 583 g/mol. The summed E-state index contributed by atoms with van der Waals surface area (Å²) in [6.45, 7) is -0.388. The van der Waals surface area contributed by atoms with Crippen LogP contribution in [0.15, 0.2) is 24.3 Å². The van der Waals surface area contributed by atoms with Gasteiger partial charge < -0.3 is 4.74 Å². The minimum atomic E-state index is -0.442. The molecular formula is C24H24Br2FNO5. The number of alkyl halides is 2. The van der Waals surface area contributed by atoms with Crippen molar-refractivity contribution in [2.45, 2.75) is 47.8 Å². The summed E-state index contributed by atoms with van der Waals surface area (Å²) in [5.74, 6) is -1.78. The van der Waals surface area contributed by atoms with Crippen molar-refractivity contribution in [3.63, 3.8) is 0 Å². The quantitative estimate of drug-likeness (QED) is 0.227. The van der Waals surface area contributed by atoms with Gasteiger partial charge in [-0.1, -0.05) is 31.9 Å². The van der Waals surface area contributed by atoms with Gasteiger partial charge in [0.05, 0.1) is 17.8 Å². The zero-order valence-corrected chi connectivity index (χ0v) is 21.0. The molecule has 176 valence electrons. The summed E-state index contributed by atoms with van der Waals surface area (Å²) in [5, 5.41) is 0. The standard InChI is InChI=1S/C24H24Br2FNO5/c25-20-15-9-16(21(20)26)19-18(15)22(30)28(23(19)31)14-7-3-12(4-8-14)24(32)33-10-17(29)11-1-5-13(27)6-2-11/h1-2,5-6,12,14-16,18-21H,3-4,7-10H2/t12?,14?,15-,16-,18-,19-,20+,21+/m1/s1. The molecule has 6 atom stereocenters. The summed E-state index contributed by atoms with van der Waals surface area (Å²) in [4.78, 5) is 53.0. The number of fused-ring (bicyclic) bond motifs is 5. The molecule has 1 aromatic rings. The Morgan fingerprint density at radius 3 is 2.03 bits per heavy atom. The van der Waals surface area contributed by atoms with E-state index in [1.165, 1.54) is 29.2 Å². The number of benzene rings is 1. The van der Waals surface area contributed by atoms with Crippen LogP contribution in [0.5, 0.6) is 0 Å². The molecule has 9 heteroatoms. The third kappa shape index (κ3) is 3.89. The number of rotatable bonds is 5. The Bertz CT molecular complexity index is 961. The summed E-state index contributed by atoms with van der Waals surface area (Å²) < 4.78 is 18.2. The van der Waals surface area contributed by atoms with E-state index in [0.717, 1.165) is 6.42 Å². The van der Waals surface area contributed by atoms with Crippen molar-refractivity contribution in [2.24, 2.45) is 29.6 Å². The van der Waals surface area contributed by atoms with Gasteiger partial charge >= 0.3 is 5.97 Å². The molecule has 0 N–H and O–H groups in total. The van der Waals surface area contributed by atoms with Crippen molar-refractivity contribution in [3.05, 3.63) is 35.6 Å². The second-order valence-corrected chi connectivity index (χ2v) is 11.7. The largest absolute Gasteiger partial charge is 0.457 e. The highest BCUT2D eigenvalue weighted by atomic mass is 79.9. The van der Waals surface area contributed by atoms with Gasteiger partial charge in [-0.2, -0.15) is 0 Å². The molecule has 4 fully saturated rings. The van der Waals surface area contributed by atoms with Gasteiger partial charge in [0, 0.05) is 21.3 Å². The molecule has 1 aromatic carbocycles. The van der Waals surface area contributed by atoms with Crippen LogP contribution in [-0.4, -0.2) is 50.8 Å². The first kappa shape index (κ1) is 23.1. The highest BCUT2D eigenvalue weighted by Crippen LogP contribution is 2.60. The minimum Gasteiger partial charge on any atom is -0.457 e. The molecule has 0 unspecified atom stereocenters. The zero-order chi connectivity index (χ0) is 23.4. The van der Waals surface area contributed by atoms with Crippen molar-refractivity contribution in [2.75, 3.05) is 6.61 Å². The molecule has 2 amide bonds. The molecule has 0 radical (unpaired) electrons. The predicted octanol–water partition coefficient (Wildman–Crippen LogP) is 3.89. The predicted molar refractivity (Wildman–Crippen MR) is 123 cm³/mol. The number of amides is 2. The molecule has 0 spiro atoms. The van der Waals surface area contributed by atoms with Gasteiger partial charge in [0.1, 0.15) is 5.82 Å². The first-order valence-corrected chi connectivity index (χ1v) is 13.2. The van der Waals surface area contributed by atoms with E-state index in [9.17, 15) is 23.6 Å². The van der Waals surface area contributed by atoms with Crippen molar-refractivity contribution < 1.29 is 28.3 Å². The molecule has 2 bridgehead atoms. The van der Waals surface area contributed by atoms with Gasteiger partial charge in [0.25, 0.3) is 0 Å². The fraction of sp³-hybridized carbons (Fsp3) is 0.583. The van der Waals surface area contributed by atoms with Crippen LogP contribution in [0.1, 0.15) is 42.5 Å². The van der Waals surface area contributed by atoms with Crippen LogP contribution in [0, 0.1) is 35.4 Å². The first-order valence-electron chi connectivity index (χ1n) is 11.4. The van der Waals surface area contributed by atoms with E-state index in [1.807, 2.05) is 0 Å². The number of halogens is 3. The number of carbonyl (C=O) groups excluding carboxylic acids is 4. The first-order chi connectivity index (χ1) is 15.8. The molecule has 33 heavy (non-hydrogen) atoms. The molecular weight excluding hydrogens is 561 g/mol. The summed E-state index contributed by atoms with van der Waals surface area (Å²) in [6.07, 6.45) is 3.05. The van der Waals surface area contributed by atoms with Crippen LogP contribution in [0.4, 0.5) is 4.39 Å². The van der Waals surface area contributed by atoms with Gasteiger partial charge in [0.2, 0.25) is 11.8 Å². The Morgan fingerprint density at radius 1 is 0.939 bits per heavy atom. The van der Waals surface area contributed by atoms with Crippen LogP contribution in [0.3, 0.4) is 0 Å². The van der Waals surface area contributed by atoms with Crippen LogP contribution in [-0.2, 0) is 19.1 Å². The van der Waals surface area contributed by atoms with E-state index in [2.05, 4.69) is 31.9 Å². The highest BCUT2D eigenvalue weighted by Gasteiger charge is 2.67. The number of ether oxygens (including phenoxy) is 1. The SMILES string of the molecule is O=C(COC(=O)C1CCC(N2C(=O)[C@@H]3[C@H]4C[C@@H]([C@H](Br)[C@H]4Br)[C@H]3C2=O)CC1)c1ccc(F)cc1. The van der Waals surface area contributed by atoms with Crippen LogP contribution in [0.25, 0.3) is 0 Å². The van der Waals surface area contributed by atoms with Gasteiger partial charge in [-0.15, -0.1) is 0 Å². The lowest BCUT2D eigenvalue weighted by molar-refractivity contribution is -0.149. The van der Waals surface area contributed by atoms with Crippen molar-refractivity contribution >= 4 is 55.4 Å². The lowest BCUT2D eigenvalue weighted by atomic mass is 9.81. The van der Waals surface area contributed by atoms with Gasteiger partial charge in [-0.05, 0) is 68.2 Å². The second kappa shape index (κ2) is 8.87. The molecule has 0 aromatic heterocycles. The second-order valence-electron chi connectivity index (χ2n) is 9.59. The average Bonchev–Trinajstić information content (AvgIpc) is 3.42. The van der Waals surface area contributed by atoms with Crippen molar-refractivity contribution in [1.82, 2.24) is 4.90 Å². The maximum atomic E-state index is 13.2. The number of nitrogens with zero attached hydrogens (tertiary/aromatic N) is 1. The molecule has 1 saturated heterocycles. The molecule has 6 nitrogen and oxygen atoms in total. The Morgan fingerprint density at radius 2 is 1.48 bits per heavy atom. The number of imide groups is 1. The third-order valence-electron chi connectivity index (χ3n) is 7.93. The van der Waals surface area contributed by atoms with E-state index >= 15 is 0 Å². The van der Waals surface area contributed by atoms with Crippen molar-refractivity contribution in [1.29, 1.82) is 0 Å². The highest BCUT2D eigenvalue weighted by molar-refractivity contribution is 9.12. The summed E-state index contributed by atoms with van der Waals surface area (Å²) in [6, 6.07) is 4.91. The summed E-state index contributed by atoms with van der Waals surface area (Å²) in [7, 11) is 0. The number of ketones is 1. The Labute approximate surface area is 207 Å². The van der Waals surface area contributed by atoms with Gasteiger partial charge in [-0.3, -0.25) is 24.1 Å². The van der Waals surface area contributed by atoms with Gasteiger partial charge in [-0.25, -0.2) is 4.39 Å². The normalized spacial score (nSPS) is 37.4. The maximum Gasteiger partial charge on any atom is 0.309 e. The topological polar surface area (TPSA) is 80.8 Å². The van der Waals surface area contributed by atoms with E-state index in [1.54, 1.807) is 0 Å². The Hall–Kier alpha value is -1.61. The smallest absolute Gasteiger partial charge is 0.309 e. The Balaban J connectivity index is 1.15. The van der Waals surface area contributed by atoms with Crippen LogP contribution in [0.2, 0.25) is 0 Å². The zero-order valence-electron chi connectivity index (χ0n) is 17.8. The fourth-order valence-corrected chi connectivity index (χ4v) is 8.15. The molecule has 4 aliphatic rings. The van der Waals surface area contributed by atoms with E-state index in [-0.39, 0.29) is 75.1 Å². The average molecular weight is 585 g/mol. The Kier molecular flexibility index (Phi) is 6.22. The third-order valence-corrected chi connectivity index (χ3v) is 11.1.